The van der Waals surface area contributed by atoms with Gasteiger partial charge in [-0.1, -0.05) is 30.3 Å². The van der Waals surface area contributed by atoms with Gasteiger partial charge in [-0.25, -0.2) is 14.2 Å². The molecule has 0 N–H and O–H groups in total. The van der Waals surface area contributed by atoms with E-state index in [1.54, 1.807) is 30.3 Å². The Morgan fingerprint density at radius 3 is 2.36 bits per heavy atom. The highest BCUT2D eigenvalue weighted by molar-refractivity contribution is 5.98. The van der Waals surface area contributed by atoms with Crippen LogP contribution in [0.2, 0.25) is 0 Å². The molecule has 7 nitrogen and oxygen atoms in total. The number of hydrogen-bond donors (Lipinski definition) is 0. The Morgan fingerprint density at radius 1 is 0.911 bits per heavy atom. The zero-order valence-electron chi connectivity index (χ0n) is 26.1. The highest BCUT2D eigenvalue weighted by Gasteiger charge is 2.44. The summed E-state index contributed by atoms with van der Waals surface area (Å²) >= 11 is 0. The van der Waals surface area contributed by atoms with Crippen molar-refractivity contribution < 1.29 is 18.7 Å². The molecule has 0 saturated carbocycles. The number of rotatable bonds is 7. The molecular weight excluding hydrogens is 567 g/mol. The second kappa shape index (κ2) is 12.0. The maximum Gasteiger partial charge on any atom is 0.337 e. The summed E-state index contributed by atoms with van der Waals surface area (Å²) in [6.07, 6.45) is 7.14. The molecule has 3 saturated heterocycles. The van der Waals surface area contributed by atoms with Gasteiger partial charge in [-0.05, 0) is 112 Å². The summed E-state index contributed by atoms with van der Waals surface area (Å²) in [4.78, 5) is 35.0. The molecule has 4 aromatic rings. The molecule has 3 aliphatic rings. The minimum atomic E-state index is -0.458. The zero-order valence-corrected chi connectivity index (χ0v) is 26.1. The van der Waals surface area contributed by atoms with E-state index in [4.69, 9.17) is 9.72 Å². The molecule has 4 heterocycles. The number of ether oxygens (including phenoxy) is 1. The number of methoxy groups -OCH3 is 1. The quantitative estimate of drug-likeness (QED) is 0.219. The number of halogens is 1. The van der Waals surface area contributed by atoms with Gasteiger partial charge >= 0.3 is 5.97 Å². The first-order valence-electron chi connectivity index (χ1n) is 16.3. The molecule has 1 unspecified atom stereocenters. The first-order valence-corrected chi connectivity index (χ1v) is 16.3. The Morgan fingerprint density at radius 2 is 1.62 bits per heavy atom. The highest BCUT2D eigenvalue weighted by Crippen LogP contribution is 2.45. The Labute approximate surface area is 264 Å². The highest BCUT2D eigenvalue weighted by atomic mass is 19.1. The number of hydrogen-bond acceptors (Lipinski definition) is 5. The van der Waals surface area contributed by atoms with Gasteiger partial charge in [0, 0.05) is 36.8 Å². The smallest absolute Gasteiger partial charge is 0.337 e. The molecule has 3 fully saturated rings. The van der Waals surface area contributed by atoms with Crippen LogP contribution in [0, 0.1) is 12.7 Å². The number of fused-ring (bicyclic) bond motifs is 3. The summed E-state index contributed by atoms with van der Waals surface area (Å²) in [5.41, 5.74) is 3.98. The number of amides is 1. The van der Waals surface area contributed by atoms with E-state index in [9.17, 15) is 14.0 Å². The van der Waals surface area contributed by atoms with E-state index in [0.29, 0.717) is 42.3 Å². The van der Waals surface area contributed by atoms with E-state index in [2.05, 4.69) is 46.7 Å². The van der Waals surface area contributed by atoms with Crippen LogP contribution in [-0.2, 0) is 10.2 Å². The number of carbonyl (C=O) groups excluding carboxylic acids is 2. The topological polar surface area (TPSA) is 67.7 Å². The van der Waals surface area contributed by atoms with Gasteiger partial charge < -0.3 is 14.2 Å². The number of nitrogens with zero attached hydrogens (tertiary/aromatic N) is 4. The molecular formula is C37H41FN4O3. The summed E-state index contributed by atoms with van der Waals surface area (Å²) in [6.45, 7) is 4.26. The van der Waals surface area contributed by atoms with E-state index in [1.807, 2.05) is 11.0 Å². The fraction of sp³-hybridized carbons (Fsp3) is 0.432. The third-order valence-electron chi connectivity index (χ3n) is 10.8. The Hall–Kier alpha value is -4.04. The van der Waals surface area contributed by atoms with Crippen molar-refractivity contribution in [2.75, 3.05) is 26.7 Å². The number of para-hydroxylation sites is 2. The maximum atomic E-state index is 14.6. The lowest BCUT2D eigenvalue weighted by Crippen LogP contribution is -2.49. The number of carbonyl (C=O) groups is 2. The van der Waals surface area contributed by atoms with Gasteiger partial charge in [-0.2, -0.15) is 0 Å². The van der Waals surface area contributed by atoms with E-state index in [-0.39, 0.29) is 17.1 Å². The molecule has 8 heteroatoms. The third kappa shape index (κ3) is 5.54. The molecule has 7 rings (SSSR count). The van der Waals surface area contributed by atoms with Crippen molar-refractivity contribution in [3.05, 3.63) is 101 Å². The first-order chi connectivity index (χ1) is 21.8. The number of aromatic nitrogens is 2. The normalized spacial score (nSPS) is 22.9. The fourth-order valence-corrected chi connectivity index (χ4v) is 8.51. The van der Waals surface area contributed by atoms with Crippen LogP contribution in [0.1, 0.15) is 83.1 Å². The predicted octanol–water partition coefficient (Wildman–Crippen LogP) is 6.70. The maximum absolute atomic E-state index is 14.6. The van der Waals surface area contributed by atoms with Gasteiger partial charge in [0.2, 0.25) is 0 Å². The average molecular weight is 609 g/mol. The van der Waals surface area contributed by atoms with Crippen LogP contribution < -0.4 is 0 Å². The summed E-state index contributed by atoms with van der Waals surface area (Å²) < 4.78 is 21.9. The monoisotopic (exact) mass is 608 g/mol. The van der Waals surface area contributed by atoms with Gasteiger partial charge in [0.05, 0.1) is 23.7 Å². The number of aryl methyl sites for hydroxylation is 1. The van der Waals surface area contributed by atoms with E-state index < -0.39 is 5.97 Å². The molecule has 1 amide bonds. The van der Waals surface area contributed by atoms with Crippen molar-refractivity contribution in [2.24, 2.45) is 0 Å². The number of likely N-dealkylation sites (tertiary alicyclic amines) is 1. The van der Waals surface area contributed by atoms with Gasteiger partial charge in [-0.15, -0.1) is 0 Å². The molecule has 3 aromatic carbocycles. The minimum absolute atomic E-state index is 0.0870. The summed E-state index contributed by atoms with van der Waals surface area (Å²) in [5, 5.41) is 0. The van der Waals surface area contributed by atoms with Crippen LogP contribution in [-0.4, -0.2) is 70.1 Å². The summed E-state index contributed by atoms with van der Waals surface area (Å²) in [7, 11) is 1.34. The van der Waals surface area contributed by atoms with Gasteiger partial charge in [0.25, 0.3) is 5.91 Å². The Bertz CT molecular complexity index is 1710. The van der Waals surface area contributed by atoms with Gasteiger partial charge in [0.1, 0.15) is 11.6 Å². The van der Waals surface area contributed by atoms with Gasteiger partial charge in [0.15, 0.2) is 0 Å². The molecule has 45 heavy (non-hydrogen) atoms. The van der Waals surface area contributed by atoms with E-state index in [0.717, 1.165) is 55.6 Å². The van der Waals surface area contributed by atoms with Gasteiger partial charge in [-0.3, -0.25) is 9.69 Å². The van der Waals surface area contributed by atoms with Crippen LogP contribution in [0.25, 0.3) is 11.0 Å². The van der Waals surface area contributed by atoms with Crippen molar-refractivity contribution in [3.63, 3.8) is 0 Å². The molecule has 234 valence electrons. The number of imidazole rings is 1. The van der Waals surface area contributed by atoms with Crippen LogP contribution in [0.15, 0.2) is 72.8 Å². The van der Waals surface area contributed by atoms with Crippen molar-refractivity contribution in [3.8, 4) is 0 Å². The molecule has 0 spiro atoms. The van der Waals surface area contributed by atoms with Crippen LogP contribution in [0.3, 0.4) is 0 Å². The fourth-order valence-electron chi connectivity index (χ4n) is 8.51. The number of esters is 1. The SMILES string of the molecule is COC(=O)c1cccc(C(=O)N2CCC(CCN3[C@@H]4CC[C@H]3CC(n3c(C)nc5ccccc53)C4)(c3cccc(F)c3)CC2)c1. The largest absolute Gasteiger partial charge is 0.465 e. The molecule has 1 aromatic heterocycles. The molecule has 0 aliphatic carbocycles. The second-order valence-electron chi connectivity index (χ2n) is 13.2. The number of benzene rings is 3. The Kier molecular flexibility index (Phi) is 7.94. The lowest BCUT2D eigenvalue weighted by atomic mass is 9.70. The average Bonchev–Trinajstić information content (AvgIpc) is 3.53. The predicted molar refractivity (Wildman–Crippen MR) is 172 cm³/mol. The second-order valence-corrected chi connectivity index (χ2v) is 13.2. The Balaban J connectivity index is 1.07. The third-order valence-corrected chi connectivity index (χ3v) is 10.8. The summed E-state index contributed by atoms with van der Waals surface area (Å²) in [5.74, 6) is 0.335. The van der Waals surface area contributed by atoms with E-state index in [1.165, 1.54) is 31.5 Å². The van der Waals surface area contributed by atoms with Crippen molar-refractivity contribution in [2.45, 2.75) is 75.4 Å². The lowest BCUT2D eigenvalue weighted by Gasteiger charge is -2.45. The van der Waals surface area contributed by atoms with Crippen molar-refractivity contribution >= 4 is 22.9 Å². The molecule has 2 bridgehead atoms. The standard InChI is InChI=1S/C37H41FN4O3/c1-25-39-33-11-3-4-12-34(33)42(25)32-23-30-13-14-31(24-32)41(30)20-17-37(28-9-6-10-29(38)22-28)15-18-40(19-16-37)35(43)26-7-5-8-27(21-26)36(44)45-2/h3-12,21-22,30-32H,13-20,23-24H2,1-2H3/t30-,31+,32?. The number of piperidine rings is 2. The zero-order chi connectivity index (χ0) is 31.1. The molecule has 3 atom stereocenters. The molecule has 3 aliphatic heterocycles. The van der Waals surface area contributed by atoms with Crippen LogP contribution >= 0.6 is 0 Å². The minimum Gasteiger partial charge on any atom is -0.465 e. The van der Waals surface area contributed by atoms with Crippen LogP contribution in [0.4, 0.5) is 4.39 Å². The summed E-state index contributed by atoms with van der Waals surface area (Å²) in [6, 6.07) is 23.8. The van der Waals surface area contributed by atoms with Crippen molar-refractivity contribution in [1.82, 2.24) is 19.4 Å². The van der Waals surface area contributed by atoms with Crippen LogP contribution in [0.5, 0.6) is 0 Å². The molecule has 0 radical (unpaired) electrons. The van der Waals surface area contributed by atoms with Crippen molar-refractivity contribution in [1.29, 1.82) is 0 Å². The first kappa shape index (κ1) is 29.7. The van der Waals surface area contributed by atoms with E-state index >= 15 is 0 Å². The lowest BCUT2D eigenvalue weighted by molar-refractivity contribution is 0.0600.